The number of nitrogens with two attached hydrogens (primary N) is 1. The number of rotatable bonds is 1. The van der Waals surface area contributed by atoms with Gasteiger partial charge in [0.1, 0.15) is 0 Å². The molecule has 1 aliphatic rings. The van der Waals surface area contributed by atoms with Crippen molar-refractivity contribution in [3.05, 3.63) is 0 Å². The Balaban J connectivity index is 2.17. The van der Waals surface area contributed by atoms with Gasteiger partial charge in [0.2, 0.25) is 0 Å². The van der Waals surface area contributed by atoms with Crippen LogP contribution in [0.15, 0.2) is 0 Å². The van der Waals surface area contributed by atoms with Crippen molar-refractivity contribution in [1.29, 1.82) is 0 Å². The van der Waals surface area contributed by atoms with Crippen LogP contribution in [0.5, 0.6) is 0 Å². The van der Waals surface area contributed by atoms with Crippen LogP contribution in [0.1, 0.15) is 12.8 Å². The van der Waals surface area contributed by atoms with Crippen LogP contribution in [0.3, 0.4) is 0 Å². The fourth-order valence-electron chi connectivity index (χ4n) is 1.08. The zero-order valence-corrected chi connectivity index (χ0v) is 7.00. The van der Waals surface area contributed by atoms with Gasteiger partial charge in [-0.3, -0.25) is 0 Å². The van der Waals surface area contributed by atoms with Crippen molar-refractivity contribution >= 4 is 6.03 Å². The van der Waals surface area contributed by atoms with Crippen LogP contribution in [-0.4, -0.2) is 37.1 Å². The topological polar surface area (TPSA) is 58.4 Å². The van der Waals surface area contributed by atoms with Crippen LogP contribution < -0.4 is 11.1 Å². The highest BCUT2D eigenvalue weighted by molar-refractivity contribution is 5.73. The number of urea groups is 1. The Morgan fingerprint density at radius 3 is 2.45 bits per heavy atom. The summed E-state index contributed by atoms with van der Waals surface area (Å²) in [5.74, 6) is 0. The molecule has 11 heavy (non-hydrogen) atoms. The molecule has 0 aliphatic heterocycles. The summed E-state index contributed by atoms with van der Waals surface area (Å²) >= 11 is 0. The fraction of sp³-hybridized carbons (Fsp3) is 0.857. The number of nitrogens with one attached hydrogen (secondary N) is 1. The SMILES string of the molecule is CN(C)C(=O)NC1CC(N)C1. The van der Waals surface area contributed by atoms with Crippen molar-refractivity contribution in [2.24, 2.45) is 5.73 Å². The predicted molar refractivity (Wildman–Crippen MR) is 43.2 cm³/mol. The van der Waals surface area contributed by atoms with Gasteiger partial charge in [-0.05, 0) is 12.8 Å². The van der Waals surface area contributed by atoms with Crippen molar-refractivity contribution < 1.29 is 4.79 Å². The van der Waals surface area contributed by atoms with Gasteiger partial charge in [0, 0.05) is 26.2 Å². The van der Waals surface area contributed by atoms with E-state index in [1.165, 1.54) is 4.90 Å². The zero-order valence-electron chi connectivity index (χ0n) is 7.00. The molecule has 1 saturated carbocycles. The van der Waals surface area contributed by atoms with Gasteiger partial charge in [0.25, 0.3) is 0 Å². The lowest BCUT2D eigenvalue weighted by Crippen LogP contribution is -2.52. The minimum atomic E-state index is -0.0260. The maximum absolute atomic E-state index is 11.0. The van der Waals surface area contributed by atoms with Crippen LogP contribution in [-0.2, 0) is 0 Å². The number of hydrogen-bond acceptors (Lipinski definition) is 2. The number of nitrogens with zero attached hydrogens (tertiary/aromatic N) is 1. The van der Waals surface area contributed by atoms with Crippen molar-refractivity contribution in [2.45, 2.75) is 24.9 Å². The highest BCUT2D eigenvalue weighted by Crippen LogP contribution is 2.17. The monoisotopic (exact) mass is 157 g/mol. The molecule has 0 bridgehead atoms. The van der Waals surface area contributed by atoms with Crippen molar-refractivity contribution in [3.63, 3.8) is 0 Å². The van der Waals surface area contributed by atoms with Crippen molar-refractivity contribution in [1.82, 2.24) is 10.2 Å². The van der Waals surface area contributed by atoms with E-state index in [1.807, 2.05) is 0 Å². The molecular formula is C7H15N3O. The third kappa shape index (κ3) is 2.08. The Morgan fingerprint density at radius 1 is 1.55 bits per heavy atom. The molecule has 4 nitrogen and oxygen atoms in total. The molecule has 0 saturated heterocycles. The second-order valence-corrected chi connectivity index (χ2v) is 3.27. The van der Waals surface area contributed by atoms with E-state index in [9.17, 15) is 4.79 Å². The molecule has 3 N–H and O–H groups in total. The fourth-order valence-corrected chi connectivity index (χ4v) is 1.08. The van der Waals surface area contributed by atoms with Gasteiger partial charge in [-0.15, -0.1) is 0 Å². The lowest BCUT2D eigenvalue weighted by atomic mass is 9.88. The van der Waals surface area contributed by atoms with E-state index in [2.05, 4.69) is 5.32 Å². The summed E-state index contributed by atoms with van der Waals surface area (Å²) in [6, 6.07) is 0.573. The van der Waals surface area contributed by atoms with Crippen molar-refractivity contribution in [3.8, 4) is 0 Å². The molecule has 0 radical (unpaired) electrons. The average molecular weight is 157 g/mol. The molecule has 1 fully saturated rings. The van der Waals surface area contributed by atoms with Gasteiger partial charge < -0.3 is 16.0 Å². The summed E-state index contributed by atoms with van der Waals surface area (Å²) in [6.07, 6.45) is 1.83. The molecule has 64 valence electrons. The normalized spacial score (nSPS) is 29.0. The minimum Gasteiger partial charge on any atom is -0.335 e. The summed E-state index contributed by atoms with van der Waals surface area (Å²) in [7, 11) is 3.46. The van der Waals surface area contributed by atoms with E-state index in [1.54, 1.807) is 14.1 Å². The van der Waals surface area contributed by atoms with E-state index in [-0.39, 0.29) is 6.03 Å². The van der Waals surface area contributed by atoms with Crippen LogP contribution in [0.25, 0.3) is 0 Å². The summed E-state index contributed by atoms with van der Waals surface area (Å²) in [5.41, 5.74) is 5.56. The maximum atomic E-state index is 11.0. The maximum Gasteiger partial charge on any atom is 0.317 e. The van der Waals surface area contributed by atoms with Crippen LogP contribution in [0.2, 0.25) is 0 Å². The highest BCUT2D eigenvalue weighted by atomic mass is 16.2. The first kappa shape index (κ1) is 8.33. The number of amides is 2. The Hall–Kier alpha value is -0.770. The molecule has 1 aliphatic carbocycles. The molecular weight excluding hydrogens is 142 g/mol. The molecule has 2 amide bonds. The van der Waals surface area contributed by atoms with Crippen molar-refractivity contribution in [2.75, 3.05) is 14.1 Å². The summed E-state index contributed by atoms with van der Waals surface area (Å²) in [6.45, 7) is 0. The molecule has 0 aromatic heterocycles. The van der Waals surface area contributed by atoms with Crippen LogP contribution in [0, 0.1) is 0 Å². The highest BCUT2D eigenvalue weighted by Gasteiger charge is 2.27. The average Bonchev–Trinajstić information content (AvgIpc) is 1.84. The van der Waals surface area contributed by atoms with E-state index >= 15 is 0 Å². The summed E-state index contributed by atoms with van der Waals surface area (Å²) in [4.78, 5) is 12.6. The lowest BCUT2D eigenvalue weighted by molar-refractivity contribution is 0.200. The van der Waals surface area contributed by atoms with E-state index in [0.29, 0.717) is 12.1 Å². The molecule has 1 rings (SSSR count). The second kappa shape index (κ2) is 3.09. The first-order valence-electron chi connectivity index (χ1n) is 3.83. The summed E-state index contributed by atoms with van der Waals surface area (Å²) < 4.78 is 0. The smallest absolute Gasteiger partial charge is 0.317 e. The predicted octanol–water partition coefficient (Wildman–Crippen LogP) is -0.253. The molecule has 0 unspecified atom stereocenters. The third-order valence-electron chi connectivity index (χ3n) is 1.91. The molecule has 0 atom stereocenters. The Kier molecular flexibility index (Phi) is 2.34. The largest absolute Gasteiger partial charge is 0.335 e. The van der Waals surface area contributed by atoms with Gasteiger partial charge >= 0.3 is 6.03 Å². The minimum absolute atomic E-state index is 0.0260. The number of hydrogen-bond donors (Lipinski definition) is 2. The molecule has 4 heteroatoms. The standard InChI is InChI=1S/C7H15N3O/c1-10(2)7(11)9-6-3-5(8)4-6/h5-6H,3-4,8H2,1-2H3,(H,9,11). The Labute approximate surface area is 66.7 Å². The quantitative estimate of drug-likeness (QED) is 0.551. The van der Waals surface area contributed by atoms with Gasteiger partial charge in [-0.1, -0.05) is 0 Å². The third-order valence-corrected chi connectivity index (χ3v) is 1.91. The van der Waals surface area contributed by atoms with E-state index < -0.39 is 0 Å². The Morgan fingerprint density at radius 2 is 2.09 bits per heavy atom. The molecule has 0 spiro atoms. The first-order chi connectivity index (χ1) is 5.09. The molecule has 0 aromatic rings. The molecule has 0 aromatic carbocycles. The van der Waals surface area contributed by atoms with Gasteiger partial charge in [-0.2, -0.15) is 0 Å². The Bertz CT molecular complexity index is 152. The lowest BCUT2D eigenvalue weighted by Gasteiger charge is -2.33. The number of carbonyl (C=O) groups excluding carboxylic acids is 1. The van der Waals surface area contributed by atoms with E-state index in [0.717, 1.165) is 12.8 Å². The van der Waals surface area contributed by atoms with Crippen LogP contribution >= 0.6 is 0 Å². The van der Waals surface area contributed by atoms with E-state index in [4.69, 9.17) is 5.73 Å². The summed E-state index contributed by atoms with van der Waals surface area (Å²) in [5, 5.41) is 2.85. The number of carbonyl (C=O) groups is 1. The molecule has 0 heterocycles. The van der Waals surface area contributed by atoms with Gasteiger partial charge in [-0.25, -0.2) is 4.79 Å². The van der Waals surface area contributed by atoms with Gasteiger partial charge in [0.15, 0.2) is 0 Å². The first-order valence-corrected chi connectivity index (χ1v) is 3.83. The van der Waals surface area contributed by atoms with Crippen LogP contribution in [0.4, 0.5) is 4.79 Å². The zero-order chi connectivity index (χ0) is 8.43. The second-order valence-electron chi connectivity index (χ2n) is 3.27. The van der Waals surface area contributed by atoms with Gasteiger partial charge in [0.05, 0.1) is 0 Å².